The van der Waals surface area contributed by atoms with Gasteiger partial charge < -0.3 is 10.5 Å². The molecule has 6 heteroatoms. The van der Waals surface area contributed by atoms with E-state index in [0.29, 0.717) is 12.3 Å². The first-order chi connectivity index (χ1) is 10.1. The molecule has 0 aliphatic heterocycles. The van der Waals surface area contributed by atoms with Gasteiger partial charge in [0.15, 0.2) is 5.82 Å². The van der Waals surface area contributed by atoms with Gasteiger partial charge in [0.05, 0.1) is 6.61 Å². The molecule has 2 rings (SSSR count). The Kier molecular flexibility index (Phi) is 4.92. The summed E-state index contributed by atoms with van der Waals surface area (Å²) < 4.78 is 7.23. The molecule has 21 heavy (non-hydrogen) atoms. The minimum atomic E-state index is 0.0256. The van der Waals surface area contributed by atoms with E-state index in [2.05, 4.69) is 17.0 Å². The summed E-state index contributed by atoms with van der Waals surface area (Å²) in [6, 6.07) is 7.63. The van der Waals surface area contributed by atoms with Crippen molar-refractivity contribution in [2.45, 2.75) is 26.2 Å². The Morgan fingerprint density at radius 3 is 2.81 bits per heavy atom. The van der Waals surface area contributed by atoms with Gasteiger partial charge in [-0.3, -0.25) is 5.41 Å². The largest absolute Gasteiger partial charge is 0.493 e. The van der Waals surface area contributed by atoms with E-state index in [1.54, 1.807) is 7.05 Å². The molecule has 0 radical (unpaired) electrons. The zero-order valence-corrected chi connectivity index (χ0v) is 12.5. The summed E-state index contributed by atoms with van der Waals surface area (Å²) in [6.07, 6.45) is 3.32. The molecule has 0 bridgehead atoms. The van der Waals surface area contributed by atoms with Gasteiger partial charge in [0.1, 0.15) is 11.4 Å². The minimum Gasteiger partial charge on any atom is -0.493 e. The van der Waals surface area contributed by atoms with Gasteiger partial charge in [-0.05, 0) is 18.6 Å². The lowest BCUT2D eigenvalue weighted by atomic mass is 10.1. The predicted octanol–water partition coefficient (Wildman–Crippen LogP) is 2.11. The summed E-state index contributed by atoms with van der Waals surface area (Å²) >= 11 is 0. The number of aryl methyl sites for hydroxylation is 1. The number of rotatable bonds is 6. The van der Waals surface area contributed by atoms with E-state index in [1.807, 2.05) is 24.3 Å². The highest BCUT2D eigenvalue weighted by Gasteiger charge is 2.12. The van der Waals surface area contributed by atoms with Crippen molar-refractivity contribution in [1.29, 1.82) is 5.41 Å². The smallest absolute Gasteiger partial charge is 0.240 e. The number of hydrogen-bond acceptors (Lipinski definition) is 5. The third-order valence-electron chi connectivity index (χ3n) is 3.17. The number of hydrogen-bond donors (Lipinski definition) is 2. The molecule has 1 heterocycles. The molecule has 0 atom stereocenters. The van der Waals surface area contributed by atoms with Crippen LogP contribution in [0.1, 0.15) is 26.2 Å². The van der Waals surface area contributed by atoms with Crippen molar-refractivity contribution in [1.82, 2.24) is 14.8 Å². The predicted molar refractivity (Wildman–Crippen MR) is 81.7 cm³/mol. The zero-order chi connectivity index (χ0) is 15.2. The van der Waals surface area contributed by atoms with Crippen LogP contribution < -0.4 is 16.1 Å². The summed E-state index contributed by atoms with van der Waals surface area (Å²) in [6.45, 7) is 2.83. The number of nitrogens with zero attached hydrogens (tertiary/aromatic N) is 3. The van der Waals surface area contributed by atoms with Crippen LogP contribution in [0.25, 0.3) is 11.3 Å². The summed E-state index contributed by atoms with van der Waals surface area (Å²) in [5.41, 5.74) is 7.27. The number of unbranched alkanes of at least 4 members (excludes halogenated alkanes) is 2. The van der Waals surface area contributed by atoms with Crippen LogP contribution in [0.2, 0.25) is 0 Å². The van der Waals surface area contributed by atoms with Crippen molar-refractivity contribution < 1.29 is 4.74 Å². The van der Waals surface area contributed by atoms with Gasteiger partial charge in [0.2, 0.25) is 5.62 Å². The Labute approximate surface area is 124 Å². The Morgan fingerprint density at radius 2 is 2.05 bits per heavy atom. The third kappa shape index (κ3) is 3.59. The van der Waals surface area contributed by atoms with Gasteiger partial charge in [-0.1, -0.05) is 31.9 Å². The molecule has 0 aliphatic carbocycles. The highest BCUT2D eigenvalue weighted by molar-refractivity contribution is 5.74. The summed E-state index contributed by atoms with van der Waals surface area (Å²) in [5, 5.41) is 11.9. The van der Waals surface area contributed by atoms with Crippen LogP contribution in [-0.2, 0) is 7.05 Å². The summed E-state index contributed by atoms with van der Waals surface area (Å²) in [4.78, 5) is 3.99. The second kappa shape index (κ2) is 6.88. The zero-order valence-electron chi connectivity index (χ0n) is 12.5. The normalized spacial score (nSPS) is 10.6. The first-order valence-corrected chi connectivity index (χ1v) is 7.11. The number of ether oxygens (including phenoxy) is 1. The van der Waals surface area contributed by atoms with Gasteiger partial charge in [0.25, 0.3) is 0 Å². The summed E-state index contributed by atoms with van der Waals surface area (Å²) in [7, 11) is 1.67. The number of aromatic nitrogens is 3. The first kappa shape index (κ1) is 15.0. The topological polar surface area (TPSA) is 89.8 Å². The fourth-order valence-corrected chi connectivity index (χ4v) is 2.00. The van der Waals surface area contributed by atoms with E-state index < -0.39 is 0 Å². The second-order valence-corrected chi connectivity index (χ2v) is 4.84. The molecule has 0 saturated carbocycles. The Balaban J connectivity index is 2.31. The van der Waals surface area contributed by atoms with Crippen LogP contribution in [0.5, 0.6) is 5.75 Å². The lowest BCUT2D eigenvalue weighted by molar-refractivity contribution is 0.307. The molecular weight excluding hydrogens is 266 g/mol. The molecule has 3 N–H and O–H groups in total. The van der Waals surface area contributed by atoms with Crippen molar-refractivity contribution in [3.63, 3.8) is 0 Å². The van der Waals surface area contributed by atoms with Crippen LogP contribution >= 0.6 is 0 Å². The van der Waals surface area contributed by atoms with Crippen molar-refractivity contribution in [3.8, 4) is 17.0 Å². The van der Waals surface area contributed by atoms with Crippen molar-refractivity contribution in [2.24, 2.45) is 7.05 Å². The van der Waals surface area contributed by atoms with Crippen LogP contribution in [-0.4, -0.2) is 21.4 Å². The van der Waals surface area contributed by atoms with Crippen LogP contribution in [0.15, 0.2) is 24.3 Å². The SMILES string of the molecule is CCCCCOc1ccccc1-c1nn(C)c(=N)nc1N. The molecule has 2 aromatic rings. The molecule has 0 amide bonds. The lowest BCUT2D eigenvalue weighted by Gasteiger charge is -2.12. The molecule has 0 fully saturated rings. The fourth-order valence-electron chi connectivity index (χ4n) is 2.00. The van der Waals surface area contributed by atoms with Gasteiger partial charge in [-0.2, -0.15) is 10.1 Å². The van der Waals surface area contributed by atoms with Gasteiger partial charge in [-0.15, -0.1) is 0 Å². The number of nitrogens with two attached hydrogens (primary N) is 1. The van der Waals surface area contributed by atoms with Crippen LogP contribution in [0.4, 0.5) is 5.82 Å². The van der Waals surface area contributed by atoms with Gasteiger partial charge in [0, 0.05) is 12.6 Å². The maximum absolute atomic E-state index is 7.61. The molecule has 0 unspecified atom stereocenters. The van der Waals surface area contributed by atoms with E-state index in [-0.39, 0.29) is 11.4 Å². The average molecular weight is 287 g/mol. The van der Waals surface area contributed by atoms with Gasteiger partial charge >= 0.3 is 0 Å². The minimum absolute atomic E-state index is 0.0256. The van der Waals surface area contributed by atoms with E-state index in [4.69, 9.17) is 15.9 Å². The lowest BCUT2D eigenvalue weighted by Crippen LogP contribution is -2.25. The van der Waals surface area contributed by atoms with Crippen molar-refractivity contribution in [3.05, 3.63) is 29.9 Å². The number of benzene rings is 1. The number of nitrogen functional groups attached to an aromatic ring is 1. The van der Waals surface area contributed by atoms with Crippen LogP contribution in [0, 0.1) is 5.41 Å². The van der Waals surface area contributed by atoms with Crippen LogP contribution in [0.3, 0.4) is 0 Å². The number of anilines is 1. The quantitative estimate of drug-likeness (QED) is 0.796. The second-order valence-electron chi connectivity index (χ2n) is 4.84. The highest BCUT2D eigenvalue weighted by atomic mass is 16.5. The summed E-state index contributed by atoms with van der Waals surface area (Å²) in [5.74, 6) is 0.982. The highest BCUT2D eigenvalue weighted by Crippen LogP contribution is 2.30. The Bertz CT molecular complexity index is 665. The van der Waals surface area contributed by atoms with E-state index in [1.165, 1.54) is 4.68 Å². The van der Waals surface area contributed by atoms with Gasteiger partial charge in [-0.25, -0.2) is 4.68 Å². The molecular formula is C15H21N5O. The van der Waals surface area contributed by atoms with E-state index in [9.17, 15) is 0 Å². The molecule has 1 aromatic heterocycles. The monoisotopic (exact) mass is 287 g/mol. The third-order valence-corrected chi connectivity index (χ3v) is 3.17. The Hall–Kier alpha value is -2.37. The van der Waals surface area contributed by atoms with Crippen molar-refractivity contribution in [2.75, 3.05) is 12.3 Å². The average Bonchev–Trinajstić information content (AvgIpc) is 2.48. The fraction of sp³-hybridized carbons (Fsp3) is 0.400. The first-order valence-electron chi connectivity index (χ1n) is 7.11. The molecule has 0 saturated heterocycles. The molecule has 112 valence electrons. The molecule has 6 nitrogen and oxygen atoms in total. The standard InChI is InChI=1S/C15H21N5O/c1-3-4-7-10-21-12-9-6-5-8-11(12)13-14(16)18-15(17)20(2)19-13/h5-6,8-9H,3-4,7,10H2,1-2H3,(H3,16,17,18). The maximum atomic E-state index is 7.61. The number of nitrogens with one attached hydrogen (secondary N) is 1. The molecule has 0 aliphatic rings. The number of para-hydroxylation sites is 1. The van der Waals surface area contributed by atoms with Crippen molar-refractivity contribution >= 4 is 5.82 Å². The molecule has 1 aromatic carbocycles. The maximum Gasteiger partial charge on any atom is 0.240 e. The Morgan fingerprint density at radius 1 is 1.29 bits per heavy atom. The van der Waals surface area contributed by atoms with E-state index in [0.717, 1.165) is 30.6 Å². The van der Waals surface area contributed by atoms with E-state index >= 15 is 0 Å². The molecule has 0 spiro atoms.